The number of aliphatic hydroxyl groups excluding tert-OH is 2. The van der Waals surface area contributed by atoms with Crippen LogP contribution < -0.4 is 0 Å². The van der Waals surface area contributed by atoms with Crippen LogP contribution in [0.25, 0.3) is 10.9 Å². The van der Waals surface area contributed by atoms with Gasteiger partial charge in [0.2, 0.25) is 5.91 Å². The number of H-pyrrole nitrogens is 1. The van der Waals surface area contributed by atoms with Gasteiger partial charge in [-0.25, -0.2) is 0 Å². The molecular weight excluding hydrogens is 286 g/mol. The van der Waals surface area contributed by atoms with Crippen LogP contribution in [0, 0.1) is 0 Å². The smallest absolute Gasteiger partial charge is 0.228 e. The molecule has 7 heteroatoms. The average Bonchev–Trinajstić information content (AvgIpc) is 2.97. The number of benzene rings is 1. The van der Waals surface area contributed by atoms with Crippen molar-refractivity contribution in [1.29, 1.82) is 0 Å². The number of rotatable bonds is 4. The zero-order chi connectivity index (χ0) is 15.5. The van der Waals surface area contributed by atoms with Gasteiger partial charge in [-0.3, -0.25) is 9.89 Å². The third kappa shape index (κ3) is 2.96. The Hall–Kier alpha value is -1.96. The van der Waals surface area contributed by atoms with E-state index in [2.05, 4.69) is 10.2 Å². The minimum Gasteiger partial charge on any atom is -0.394 e. The SMILES string of the molecule is O=C(Cc1[nH]nc2ccccc12)N1C[C@H](CO)O[C@@H](CO)C1. The number of carbonyl (C=O) groups excluding carboxylic acids is 1. The number of aromatic amines is 1. The topological polar surface area (TPSA) is 98.7 Å². The Kier molecular flexibility index (Phi) is 4.37. The first-order chi connectivity index (χ1) is 10.7. The molecule has 2 aromatic rings. The Morgan fingerprint density at radius 2 is 1.95 bits per heavy atom. The molecule has 0 aliphatic carbocycles. The number of aliphatic hydroxyl groups is 2. The maximum Gasteiger partial charge on any atom is 0.228 e. The van der Waals surface area contributed by atoms with Crippen LogP contribution in [0.2, 0.25) is 0 Å². The molecule has 3 rings (SSSR count). The number of nitrogens with zero attached hydrogens (tertiary/aromatic N) is 2. The number of carbonyl (C=O) groups is 1. The summed E-state index contributed by atoms with van der Waals surface area (Å²) in [6, 6.07) is 7.62. The number of para-hydroxylation sites is 1. The molecule has 2 atom stereocenters. The summed E-state index contributed by atoms with van der Waals surface area (Å²) >= 11 is 0. The molecule has 22 heavy (non-hydrogen) atoms. The highest BCUT2D eigenvalue weighted by Gasteiger charge is 2.30. The fourth-order valence-corrected chi connectivity index (χ4v) is 2.74. The van der Waals surface area contributed by atoms with Crippen molar-refractivity contribution in [2.75, 3.05) is 26.3 Å². The Morgan fingerprint density at radius 3 is 2.64 bits per heavy atom. The Labute approximate surface area is 127 Å². The van der Waals surface area contributed by atoms with Crippen LogP contribution >= 0.6 is 0 Å². The molecule has 0 unspecified atom stereocenters. The number of hydrogen-bond donors (Lipinski definition) is 3. The predicted octanol–water partition coefficient (Wildman–Crippen LogP) is -0.314. The molecule has 1 saturated heterocycles. The lowest BCUT2D eigenvalue weighted by molar-refractivity contribution is -0.151. The second kappa shape index (κ2) is 6.43. The molecule has 0 bridgehead atoms. The number of morpholine rings is 1. The van der Waals surface area contributed by atoms with E-state index in [1.54, 1.807) is 4.90 Å². The number of ether oxygens (including phenoxy) is 1. The van der Waals surface area contributed by atoms with Gasteiger partial charge in [-0.05, 0) is 6.07 Å². The van der Waals surface area contributed by atoms with Crippen LogP contribution in [0.4, 0.5) is 0 Å². The van der Waals surface area contributed by atoms with E-state index in [1.807, 2.05) is 24.3 Å². The molecule has 2 heterocycles. The molecule has 118 valence electrons. The standard InChI is InChI=1S/C15H19N3O4/c19-8-10-6-18(7-11(9-20)22-10)15(21)5-14-12-3-1-2-4-13(12)16-17-14/h1-4,10-11,19-20H,5-9H2,(H,16,17)/t10-,11-/m1/s1. The third-order valence-corrected chi connectivity index (χ3v) is 3.86. The summed E-state index contributed by atoms with van der Waals surface area (Å²) in [5.41, 5.74) is 1.60. The van der Waals surface area contributed by atoms with Crippen LogP contribution in [0.15, 0.2) is 24.3 Å². The van der Waals surface area contributed by atoms with E-state index < -0.39 is 12.2 Å². The van der Waals surface area contributed by atoms with Crippen LogP contribution in [0.3, 0.4) is 0 Å². The van der Waals surface area contributed by atoms with Crippen molar-refractivity contribution < 1.29 is 19.7 Å². The third-order valence-electron chi connectivity index (χ3n) is 3.86. The monoisotopic (exact) mass is 305 g/mol. The minimum atomic E-state index is -0.451. The Balaban J connectivity index is 1.73. The summed E-state index contributed by atoms with van der Waals surface area (Å²) < 4.78 is 5.46. The summed E-state index contributed by atoms with van der Waals surface area (Å²) in [4.78, 5) is 14.1. The van der Waals surface area contributed by atoms with Crippen molar-refractivity contribution in [3.05, 3.63) is 30.0 Å². The number of nitrogens with one attached hydrogen (secondary N) is 1. The van der Waals surface area contributed by atoms with Crippen molar-refractivity contribution in [3.63, 3.8) is 0 Å². The molecule has 1 aliphatic rings. The molecule has 1 fully saturated rings. The fourth-order valence-electron chi connectivity index (χ4n) is 2.74. The molecule has 1 aromatic carbocycles. The molecule has 0 saturated carbocycles. The minimum absolute atomic E-state index is 0.0744. The lowest BCUT2D eigenvalue weighted by atomic mass is 10.1. The number of aromatic nitrogens is 2. The van der Waals surface area contributed by atoms with E-state index in [1.165, 1.54) is 0 Å². The summed E-state index contributed by atoms with van der Waals surface area (Å²) in [6.07, 6.45) is -0.696. The molecule has 1 aromatic heterocycles. The van der Waals surface area contributed by atoms with Crippen LogP contribution in [-0.4, -0.2) is 69.7 Å². The van der Waals surface area contributed by atoms with Crippen molar-refractivity contribution in [1.82, 2.24) is 15.1 Å². The lowest BCUT2D eigenvalue weighted by Gasteiger charge is -2.36. The maximum atomic E-state index is 12.5. The van der Waals surface area contributed by atoms with Gasteiger partial charge in [0.25, 0.3) is 0 Å². The van der Waals surface area contributed by atoms with E-state index in [0.717, 1.165) is 16.6 Å². The van der Waals surface area contributed by atoms with Gasteiger partial charge >= 0.3 is 0 Å². The van der Waals surface area contributed by atoms with Gasteiger partial charge in [-0.2, -0.15) is 5.10 Å². The number of amides is 1. The van der Waals surface area contributed by atoms with Gasteiger partial charge in [0.05, 0.1) is 43.1 Å². The largest absolute Gasteiger partial charge is 0.394 e. The maximum absolute atomic E-state index is 12.5. The first-order valence-electron chi connectivity index (χ1n) is 7.28. The summed E-state index contributed by atoms with van der Waals surface area (Å²) in [5, 5.41) is 26.5. The van der Waals surface area contributed by atoms with Gasteiger partial charge in [0.1, 0.15) is 0 Å². The Bertz CT molecular complexity index is 645. The molecule has 1 amide bonds. The fraction of sp³-hybridized carbons (Fsp3) is 0.467. The van der Waals surface area contributed by atoms with E-state index in [0.29, 0.717) is 13.1 Å². The quantitative estimate of drug-likeness (QED) is 0.719. The van der Waals surface area contributed by atoms with Crippen molar-refractivity contribution in [2.45, 2.75) is 18.6 Å². The highest BCUT2D eigenvalue weighted by atomic mass is 16.5. The van der Waals surface area contributed by atoms with Gasteiger partial charge in [0, 0.05) is 18.5 Å². The molecule has 0 spiro atoms. The van der Waals surface area contributed by atoms with E-state index in [4.69, 9.17) is 4.74 Å². The zero-order valence-electron chi connectivity index (χ0n) is 12.1. The molecule has 3 N–H and O–H groups in total. The lowest BCUT2D eigenvalue weighted by Crippen LogP contribution is -2.52. The highest BCUT2D eigenvalue weighted by Crippen LogP contribution is 2.18. The summed E-state index contributed by atoms with van der Waals surface area (Å²) in [7, 11) is 0. The van der Waals surface area contributed by atoms with E-state index in [-0.39, 0.29) is 25.5 Å². The van der Waals surface area contributed by atoms with Crippen LogP contribution in [-0.2, 0) is 16.0 Å². The summed E-state index contributed by atoms with van der Waals surface area (Å²) in [5.74, 6) is -0.0744. The van der Waals surface area contributed by atoms with Crippen molar-refractivity contribution in [3.8, 4) is 0 Å². The predicted molar refractivity (Wildman–Crippen MR) is 79.2 cm³/mol. The summed E-state index contributed by atoms with van der Waals surface area (Å²) in [6.45, 7) is 0.316. The van der Waals surface area contributed by atoms with Crippen LogP contribution in [0.1, 0.15) is 5.69 Å². The number of hydrogen-bond acceptors (Lipinski definition) is 5. The van der Waals surface area contributed by atoms with Gasteiger partial charge in [-0.15, -0.1) is 0 Å². The second-order valence-electron chi connectivity index (χ2n) is 5.44. The van der Waals surface area contributed by atoms with Crippen molar-refractivity contribution >= 4 is 16.8 Å². The second-order valence-corrected chi connectivity index (χ2v) is 5.44. The molecule has 0 radical (unpaired) electrons. The molecule has 7 nitrogen and oxygen atoms in total. The van der Waals surface area contributed by atoms with Gasteiger partial charge < -0.3 is 19.8 Å². The zero-order valence-corrected chi connectivity index (χ0v) is 12.1. The molecular formula is C15H19N3O4. The normalized spacial score (nSPS) is 22.2. The first kappa shape index (κ1) is 15.0. The van der Waals surface area contributed by atoms with Gasteiger partial charge in [-0.1, -0.05) is 18.2 Å². The number of fused-ring (bicyclic) bond motifs is 1. The first-order valence-corrected chi connectivity index (χ1v) is 7.28. The average molecular weight is 305 g/mol. The highest BCUT2D eigenvalue weighted by molar-refractivity contribution is 5.87. The van der Waals surface area contributed by atoms with Gasteiger partial charge in [0.15, 0.2) is 0 Å². The van der Waals surface area contributed by atoms with Crippen LogP contribution in [0.5, 0.6) is 0 Å². The van der Waals surface area contributed by atoms with E-state index in [9.17, 15) is 15.0 Å². The Morgan fingerprint density at radius 1 is 1.27 bits per heavy atom. The molecule has 1 aliphatic heterocycles. The van der Waals surface area contributed by atoms with Crippen molar-refractivity contribution in [2.24, 2.45) is 0 Å². The van der Waals surface area contributed by atoms with E-state index >= 15 is 0 Å².